The number of amides is 2. The zero-order chi connectivity index (χ0) is 48.0. The lowest BCUT2D eigenvalue weighted by Gasteiger charge is -2.49. The second-order valence-electron chi connectivity index (χ2n) is 22.0. The topological polar surface area (TPSA) is 243 Å². The molecule has 21 unspecified atom stereocenters. The van der Waals surface area contributed by atoms with Crippen LogP contribution < -0.4 is 0 Å². The second-order valence-corrected chi connectivity index (χ2v) is 22.0. The van der Waals surface area contributed by atoms with E-state index in [4.69, 9.17) is 23.7 Å². The number of esters is 6. The third kappa shape index (κ3) is 7.55. The molecule has 2 heterocycles. The molecular weight excluding hydrogens is 859 g/mol. The molecule has 0 aromatic rings. The summed E-state index contributed by atoms with van der Waals surface area (Å²) in [5, 5.41) is 21.7. The van der Waals surface area contributed by atoms with Crippen LogP contribution in [0.2, 0.25) is 0 Å². The summed E-state index contributed by atoms with van der Waals surface area (Å²) < 4.78 is 28.4. The highest BCUT2D eigenvalue weighted by molar-refractivity contribution is 6.05. The molecule has 2 amide bonds. The van der Waals surface area contributed by atoms with Gasteiger partial charge in [-0.05, 0) is 130 Å². The monoisotopic (exact) mass is 925 g/mol. The van der Waals surface area contributed by atoms with Gasteiger partial charge in [0, 0.05) is 0 Å². The van der Waals surface area contributed by atoms with Crippen LogP contribution in [0, 0.1) is 124 Å². The Morgan fingerprint density at radius 3 is 1.86 bits per heavy atom. The predicted molar refractivity (Wildman–Crippen MR) is 225 cm³/mol. The van der Waals surface area contributed by atoms with Crippen molar-refractivity contribution in [2.24, 2.45) is 124 Å². The number of nitrogens with zero attached hydrogens (tertiary/aromatic N) is 1. The number of carboxylic acids is 1. The van der Waals surface area contributed by atoms with Gasteiger partial charge in [0.15, 0.2) is 0 Å². The maximum Gasteiger partial charge on any atom is 0.317 e. The highest BCUT2D eigenvalue weighted by Crippen LogP contribution is 2.72. The highest BCUT2D eigenvalue weighted by atomic mass is 16.6. The minimum atomic E-state index is -1.38. The summed E-state index contributed by atoms with van der Waals surface area (Å²) in [6.45, 7) is 12.8. The quantitative estimate of drug-likeness (QED) is 0.0531. The van der Waals surface area contributed by atoms with Crippen molar-refractivity contribution in [2.75, 3.05) is 20.3 Å². The highest BCUT2D eigenvalue weighted by Gasteiger charge is 2.75. The van der Waals surface area contributed by atoms with E-state index in [0.717, 1.165) is 13.5 Å². The predicted octanol–water partition coefficient (Wildman–Crippen LogP) is 4.74. The van der Waals surface area contributed by atoms with E-state index in [2.05, 4.69) is 0 Å². The lowest BCUT2D eigenvalue weighted by atomic mass is 9.52. The number of fused-ring (bicyclic) bond motifs is 9. The number of hydrogen-bond acceptors (Lipinski definition) is 15. The third-order valence-corrected chi connectivity index (χ3v) is 18.0. The molecule has 0 aromatic heterocycles. The zero-order valence-corrected chi connectivity index (χ0v) is 39.3. The number of cyclic esters (lactones) is 2. The molecule has 0 radical (unpaired) electrons. The number of ether oxygens (including phenoxy) is 5. The fourth-order valence-electron chi connectivity index (χ4n) is 16.0. The smallest absolute Gasteiger partial charge is 0.317 e. The molecule has 2 N–H and O–H groups in total. The minimum absolute atomic E-state index is 0.0181. The van der Waals surface area contributed by atoms with Crippen LogP contribution in [0.15, 0.2) is 0 Å². The van der Waals surface area contributed by atoms with Crippen LogP contribution in [0.4, 0.5) is 0 Å². The average Bonchev–Trinajstić information content (AvgIpc) is 4.14. The van der Waals surface area contributed by atoms with Crippen molar-refractivity contribution in [3.63, 3.8) is 0 Å². The lowest BCUT2D eigenvalue weighted by Crippen LogP contribution is -2.54. The maximum atomic E-state index is 14.8. The molecule has 6 bridgehead atoms. The lowest BCUT2D eigenvalue weighted by molar-refractivity contribution is -0.174. The Morgan fingerprint density at radius 1 is 0.712 bits per heavy atom. The van der Waals surface area contributed by atoms with Crippen LogP contribution in [0.1, 0.15) is 99.8 Å². The van der Waals surface area contributed by atoms with Gasteiger partial charge in [-0.25, -0.2) is 0 Å². The molecule has 0 aromatic carbocycles. The van der Waals surface area contributed by atoms with Crippen LogP contribution in [0.25, 0.3) is 0 Å². The summed E-state index contributed by atoms with van der Waals surface area (Å²) in [6.07, 6.45) is 4.02. The Bertz CT molecular complexity index is 2030. The Balaban J connectivity index is 1.26. The Kier molecular flexibility index (Phi) is 13.0. The SMILES string of the molecule is CCCCOC(=O)C(C)C(C(=O)OCCCC)C1C2CC(C(C(=O)O)C2C(=O)OC)C1C1C(=O)OC(=O)C1C1C2CC(CC2C(=O)OC(C)(C)C)C1C1C(C)C2CC1C1C(=O)N(O)C(=O)C21. The first-order valence-electron chi connectivity index (χ1n) is 24.4. The first kappa shape index (κ1) is 48.1. The van der Waals surface area contributed by atoms with Gasteiger partial charge in [-0.2, -0.15) is 5.06 Å². The minimum Gasteiger partial charge on any atom is -0.481 e. The summed E-state index contributed by atoms with van der Waals surface area (Å²) in [5.41, 5.74) is -0.842. The Labute approximate surface area is 385 Å². The van der Waals surface area contributed by atoms with Crippen molar-refractivity contribution < 1.29 is 77.1 Å². The first-order chi connectivity index (χ1) is 31.2. The number of hydroxylamine groups is 2. The molecule has 17 nitrogen and oxygen atoms in total. The summed E-state index contributed by atoms with van der Waals surface area (Å²) in [4.78, 5) is 126. The van der Waals surface area contributed by atoms with Gasteiger partial charge in [-0.15, -0.1) is 0 Å². The van der Waals surface area contributed by atoms with E-state index >= 15 is 0 Å². The maximum absolute atomic E-state index is 14.8. The number of unbranched alkanes of at least 4 members (excludes halogenated alkanes) is 2. The number of methoxy groups -OCH3 is 1. The molecule has 6 saturated carbocycles. The normalized spacial score (nSPS) is 41.5. The first-order valence-corrected chi connectivity index (χ1v) is 24.4. The number of aliphatic carboxylic acids is 1. The third-order valence-electron chi connectivity index (χ3n) is 18.0. The van der Waals surface area contributed by atoms with Crippen LogP contribution in [-0.4, -0.2) is 94.9 Å². The van der Waals surface area contributed by atoms with E-state index in [1.807, 2.05) is 20.8 Å². The van der Waals surface area contributed by atoms with Gasteiger partial charge < -0.3 is 28.8 Å². The van der Waals surface area contributed by atoms with E-state index in [9.17, 15) is 53.5 Å². The molecule has 364 valence electrons. The number of carbonyl (C=O) groups is 9. The Morgan fingerprint density at radius 2 is 1.29 bits per heavy atom. The number of carbonyl (C=O) groups excluding carboxylic acids is 8. The van der Waals surface area contributed by atoms with Crippen molar-refractivity contribution in [3.05, 3.63) is 0 Å². The fraction of sp³-hybridized carbons (Fsp3) is 0.816. The standard InChI is InChI=1S/C49H67NO16/c1-9-11-13-63-43(55)20(4)29(46(58)64-14-12-10-2)32-27-18-26(36(42(53)54)37(27)45(57)62-8)33(32)39-38(47(59)65-48(39)60)31-23-15-21(16-24(23)44(56)66-49(5,6)7)30(31)28-19(3)22-17-25(28)35-34(22)40(51)50(61)41(35)52/h19-39,61H,9-18H2,1-8H3,(H,53,54). The summed E-state index contributed by atoms with van der Waals surface area (Å²) in [7, 11) is 1.15. The van der Waals surface area contributed by atoms with E-state index in [1.165, 1.54) is 6.92 Å². The molecule has 8 fully saturated rings. The van der Waals surface area contributed by atoms with Gasteiger partial charge in [0.1, 0.15) is 5.60 Å². The molecule has 6 aliphatic carbocycles. The number of hydrogen-bond donors (Lipinski definition) is 2. The van der Waals surface area contributed by atoms with Gasteiger partial charge in [-0.3, -0.25) is 48.4 Å². The van der Waals surface area contributed by atoms with E-state index in [0.29, 0.717) is 38.5 Å². The van der Waals surface area contributed by atoms with Crippen LogP contribution in [0.3, 0.4) is 0 Å². The summed E-state index contributed by atoms with van der Waals surface area (Å²) in [5.74, 6) is -23.6. The molecule has 8 aliphatic rings. The molecule has 17 heteroatoms. The van der Waals surface area contributed by atoms with Gasteiger partial charge in [0.05, 0.1) is 73.6 Å². The van der Waals surface area contributed by atoms with Gasteiger partial charge >= 0.3 is 41.8 Å². The van der Waals surface area contributed by atoms with Crippen molar-refractivity contribution in [1.29, 1.82) is 0 Å². The van der Waals surface area contributed by atoms with Gasteiger partial charge in [0.2, 0.25) is 0 Å². The van der Waals surface area contributed by atoms with Gasteiger partial charge in [-0.1, -0.05) is 40.5 Å². The largest absolute Gasteiger partial charge is 0.481 e. The summed E-state index contributed by atoms with van der Waals surface area (Å²) >= 11 is 0. The van der Waals surface area contributed by atoms with Crippen molar-refractivity contribution >= 4 is 53.6 Å². The Hall–Kier alpha value is -4.41. The van der Waals surface area contributed by atoms with Gasteiger partial charge in [0.25, 0.3) is 11.8 Å². The second kappa shape index (κ2) is 17.9. The fourth-order valence-corrected chi connectivity index (χ4v) is 16.0. The van der Waals surface area contributed by atoms with Crippen molar-refractivity contribution in [3.8, 4) is 0 Å². The molecule has 2 aliphatic heterocycles. The average molecular weight is 926 g/mol. The van der Waals surface area contributed by atoms with E-state index in [1.54, 1.807) is 20.8 Å². The van der Waals surface area contributed by atoms with Crippen molar-refractivity contribution in [2.45, 2.75) is 105 Å². The number of imide groups is 1. The summed E-state index contributed by atoms with van der Waals surface area (Å²) in [6, 6.07) is 0. The molecule has 66 heavy (non-hydrogen) atoms. The van der Waals surface area contributed by atoms with Crippen LogP contribution in [-0.2, 0) is 66.8 Å². The van der Waals surface area contributed by atoms with E-state index in [-0.39, 0.29) is 60.2 Å². The number of rotatable bonds is 16. The van der Waals surface area contributed by atoms with Crippen LogP contribution in [0.5, 0.6) is 0 Å². The van der Waals surface area contributed by atoms with Crippen LogP contribution >= 0.6 is 0 Å². The zero-order valence-electron chi connectivity index (χ0n) is 39.3. The van der Waals surface area contributed by atoms with Crippen molar-refractivity contribution in [1.82, 2.24) is 5.06 Å². The van der Waals surface area contributed by atoms with E-state index < -0.39 is 148 Å². The molecule has 0 spiro atoms. The molecule has 21 atom stereocenters. The molecule has 8 rings (SSSR count). The number of carboxylic acid groups (broad SMARTS) is 1. The molecule has 2 saturated heterocycles. The molecular formula is C49H67NO16.